The molecule has 1 fully saturated rings. The first-order valence-electron chi connectivity index (χ1n) is 6.16. The molecule has 0 saturated carbocycles. The molecule has 4 nitrogen and oxygen atoms in total. The number of benzene rings is 1. The summed E-state index contributed by atoms with van der Waals surface area (Å²) >= 11 is 5.86. The van der Waals surface area contributed by atoms with Crippen LogP contribution >= 0.6 is 11.6 Å². The monoisotopic (exact) mass is 264 g/mol. The van der Waals surface area contributed by atoms with Crippen molar-refractivity contribution in [2.24, 2.45) is 0 Å². The molecule has 1 aliphatic heterocycles. The van der Waals surface area contributed by atoms with Crippen molar-refractivity contribution in [3.05, 3.63) is 28.8 Å². The van der Waals surface area contributed by atoms with Crippen LogP contribution in [0.4, 0.5) is 5.69 Å². The standard InChI is InChI=1S/C13H17ClN4/c14-12-1-2-13(11(9-12)10-15)17-5-8-18-6-3-16-4-7-18/h1-2,9,16-17H,3-8H2. The zero-order valence-electron chi connectivity index (χ0n) is 10.2. The van der Waals surface area contributed by atoms with Gasteiger partial charge in [-0.25, -0.2) is 0 Å². The molecule has 18 heavy (non-hydrogen) atoms. The number of halogens is 1. The molecule has 1 heterocycles. The Morgan fingerprint density at radius 2 is 2.17 bits per heavy atom. The fourth-order valence-electron chi connectivity index (χ4n) is 2.05. The van der Waals surface area contributed by atoms with Crippen molar-refractivity contribution in [1.29, 1.82) is 5.26 Å². The Bertz CT molecular complexity index is 435. The molecule has 2 N–H and O–H groups in total. The van der Waals surface area contributed by atoms with Crippen LogP contribution < -0.4 is 10.6 Å². The maximum Gasteiger partial charge on any atom is 0.101 e. The molecule has 0 bridgehead atoms. The van der Waals surface area contributed by atoms with E-state index in [1.165, 1.54) is 0 Å². The van der Waals surface area contributed by atoms with Crippen LogP contribution in [0.2, 0.25) is 5.02 Å². The fourth-order valence-corrected chi connectivity index (χ4v) is 2.22. The lowest BCUT2D eigenvalue weighted by Gasteiger charge is -2.27. The summed E-state index contributed by atoms with van der Waals surface area (Å²) in [6.45, 7) is 6.14. The van der Waals surface area contributed by atoms with E-state index in [0.29, 0.717) is 10.6 Å². The summed E-state index contributed by atoms with van der Waals surface area (Å²) in [7, 11) is 0. The van der Waals surface area contributed by atoms with E-state index in [9.17, 15) is 0 Å². The molecule has 0 aromatic heterocycles. The molecule has 1 saturated heterocycles. The summed E-state index contributed by atoms with van der Waals surface area (Å²) in [5.74, 6) is 0. The molecular formula is C13H17ClN4. The van der Waals surface area contributed by atoms with E-state index in [2.05, 4.69) is 21.6 Å². The lowest BCUT2D eigenvalue weighted by molar-refractivity contribution is 0.249. The second-order valence-corrected chi connectivity index (χ2v) is 4.76. The zero-order chi connectivity index (χ0) is 12.8. The first-order chi connectivity index (χ1) is 8.79. The number of hydrogen-bond donors (Lipinski definition) is 2. The molecular weight excluding hydrogens is 248 g/mol. The third-order valence-corrected chi connectivity index (χ3v) is 3.29. The van der Waals surface area contributed by atoms with Crippen molar-refractivity contribution < 1.29 is 0 Å². The first-order valence-corrected chi connectivity index (χ1v) is 6.54. The van der Waals surface area contributed by atoms with Crippen LogP contribution in [0.25, 0.3) is 0 Å². The molecule has 0 unspecified atom stereocenters. The SMILES string of the molecule is N#Cc1cc(Cl)ccc1NCCN1CCNCC1. The summed E-state index contributed by atoms with van der Waals surface area (Å²) < 4.78 is 0. The predicted octanol–water partition coefficient (Wildman–Crippen LogP) is 1.53. The van der Waals surface area contributed by atoms with Gasteiger partial charge >= 0.3 is 0 Å². The fraction of sp³-hybridized carbons (Fsp3) is 0.462. The first kappa shape index (κ1) is 13.2. The van der Waals surface area contributed by atoms with Crippen molar-refractivity contribution in [3.63, 3.8) is 0 Å². The van der Waals surface area contributed by atoms with Gasteiger partial charge in [0.25, 0.3) is 0 Å². The van der Waals surface area contributed by atoms with E-state index < -0.39 is 0 Å². The highest BCUT2D eigenvalue weighted by atomic mass is 35.5. The highest BCUT2D eigenvalue weighted by Gasteiger charge is 2.09. The predicted molar refractivity (Wildman–Crippen MR) is 74.0 cm³/mol. The summed E-state index contributed by atoms with van der Waals surface area (Å²) in [5, 5.41) is 16.2. The minimum atomic E-state index is 0.596. The molecule has 2 rings (SSSR count). The van der Waals surface area contributed by atoms with Gasteiger partial charge in [0.2, 0.25) is 0 Å². The van der Waals surface area contributed by atoms with Gasteiger partial charge < -0.3 is 10.6 Å². The number of nitrogens with zero attached hydrogens (tertiary/aromatic N) is 2. The average molecular weight is 265 g/mol. The van der Waals surface area contributed by atoms with Crippen molar-refractivity contribution in [1.82, 2.24) is 10.2 Å². The highest BCUT2D eigenvalue weighted by molar-refractivity contribution is 6.30. The number of anilines is 1. The smallest absolute Gasteiger partial charge is 0.101 e. The normalized spacial score (nSPS) is 16.2. The van der Waals surface area contributed by atoms with Crippen molar-refractivity contribution >= 4 is 17.3 Å². The maximum absolute atomic E-state index is 9.02. The zero-order valence-corrected chi connectivity index (χ0v) is 11.0. The third kappa shape index (κ3) is 3.61. The lowest BCUT2D eigenvalue weighted by Crippen LogP contribution is -2.45. The molecule has 1 aliphatic rings. The molecule has 1 aromatic carbocycles. The lowest BCUT2D eigenvalue weighted by atomic mass is 10.2. The summed E-state index contributed by atoms with van der Waals surface area (Å²) in [5.41, 5.74) is 1.46. The van der Waals surface area contributed by atoms with E-state index in [4.69, 9.17) is 16.9 Å². The van der Waals surface area contributed by atoms with Gasteiger partial charge in [-0.15, -0.1) is 0 Å². The number of piperazine rings is 1. The van der Waals surface area contributed by atoms with Gasteiger partial charge in [-0.3, -0.25) is 4.90 Å². The van der Waals surface area contributed by atoms with Crippen LogP contribution in [0.3, 0.4) is 0 Å². The van der Waals surface area contributed by atoms with E-state index in [-0.39, 0.29) is 0 Å². The molecule has 0 amide bonds. The molecule has 1 aromatic rings. The van der Waals surface area contributed by atoms with Crippen LogP contribution in [0, 0.1) is 11.3 Å². The average Bonchev–Trinajstić information content (AvgIpc) is 2.41. The Labute approximate surface area is 113 Å². The summed E-state index contributed by atoms with van der Waals surface area (Å²) in [6.07, 6.45) is 0. The van der Waals surface area contributed by atoms with E-state index >= 15 is 0 Å². The Morgan fingerprint density at radius 1 is 1.39 bits per heavy atom. The molecule has 0 radical (unpaired) electrons. The third-order valence-electron chi connectivity index (χ3n) is 3.06. The highest BCUT2D eigenvalue weighted by Crippen LogP contribution is 2.19. The van der Waals surface area contributed by atoms with Crippen LogP contribution in [0.5, 0.6) is 0 Å². The van der Waals surface area contributed by atoms with Crippen molar-refractivity contribution in [2.75, 3.05) is 44.6 Å². The quantitative estimate of drug-likeness (QED) is 0.866. The van der Waals surface area contributed by atoms with E-state index in [1.807, 2.05) is 6.07 Å². The topological polar surface area (TPSA) is 51.1 Å². The van der Waals surface area contributed by atoms with Crippen molar-refractivity contribution in [3.8, 4) is 6.07 Å². The Kier molecular flexibility index (Phi) is 4.82. The van der Waals surface area contributed by atoms with Gasteiger partial charge in [-0.1, -0.05) is 11.6 Å². The largest absolute Gasteiger partial charge is 0.383 e. The second kappa shape index (κ2) is 6.60. The number of nitrogens with one attached hydrogen (secondary N) is 2. The van der Waals surface area contributed by atoms with Crippen LogP contribution in [0.1, 0.15) is 5.56 Å². The summed E-state index contributed by atoms with van der Waals surface area (Å²) in [4.78, 5) is 2.41. The molecule has 0 atom stereocenters. The number of rotatable bonds is 4. The minimum absolute atomic E-state index is 0.596. The van der Waals surface area contributed by atoms with E-state index in [1.54, 1.807) is 12.1 Å². The van der Waals surface area contributed by atoms with Crippen LogP contribution in [0.15, 0.2) is 18.2 Å². The maximum atomic E-state index is 9.02. The van der Waals surface area contributed by atoms with Gasteiger partial charge in [0.05, 0.1) is 11.3 Å². The summed E-state index contributed by atoms with van der Waals surface area (Å²) in [6, 6.07) is 7.50. The van der Waals surface area contributed by atoms with Gasteiger partial charge in [-0.2, -0.15) is 5.26 Å². The molecule has 5 heteroatoms. The number of hydrogen-bond acceptors (Lipinski definition) is 4. The van der Waals surface area contributed by atoms with Gasteiger partial charge in [0.15, 0.2) is 0 Å². The second-order valence-electron chi connectivity index (χ2n) is 4.32. The van der Waals surface area contributed by atoms with Crippen LogP contribution in [-0.4, -0.2) is 44.2 Å². The molecule has 0 spiro atoms. The van der Waals surface area contributed by atoms with Gasteiger partial charge in [0, 0.05) is 44.3 Å². The Morgan fingerprint density at radius 3 is 2.89 bits per heavy atom. The van der Waals surface area contributed by atoms with Crippen LogP contribution in [-0.2, 0) is 0 Å². The molecule has 96 valence electrons. The van der Waals surface area contributed by atoms with Crippen molar-refractivity contribution in [2.45, 2.75) is 0 Å². The Balaban J connectivity index is 1.84. The minimum Gasteiger partial charge on any atom is -0.383 e. The van der Waals surface area contributed by atoms with E-state index in [0.717, 1.165) is 45.0 Å². The molecule has 0 aliphatic carbocycles. The number of nitriles is 1. The van der Waals surface area contributed by atoms with Gasteiger partial charge in [0.1, 0.15) is 6.07 Å². The Hall–Kier alpha value is -1.28. The van der Waals surface area contributed by atoms with Gasteiger partial charge in [-0.05, 0) is 18.2 Å².